The molecule has 1 aliphatic carbocycles. The van der Waals surface area contributed by atoms with E-state index in [4.69, 9.17) is 10.8 Å². The van der Waals surface area contributed by atoms with Crippen molar-refractivity contribution in [3.8, 4) is 0 Å². The van der Waals surface area contributed by atoms with Crippen molar-refractivity contribution in [1.82, 2.24) is 19.9 Å². The fraction of sp³-hybridized carbons (Fsp3) is 0.462. The second kappa shape index (κ2) is 7.44. The number of hydrogen-bond donors (Lipinski definition) is 4. The highest BCUT2D eigenvalue weighted by molar-refractivity contribution is 5.69. The van der Waals surface area contributed by atoms with Gasteiger partial charge in [-0.2, -0.15) is 4.98 Å². The van der Waals surface area contributed by atoms with Crippen LogP contribution in [0.4, 0.5) is 5.95 Å². The van der Waals surface area contributed by atoms with E-state index in [0.717, 1.165) is 19.3 Å². The van der Waals surface area contributed by atoms with Gasteiger partial charge in [-0.05, 0) is 19.3 Å². The molecular weight excluding hydrogens is 258 g/mol. The summed E-state index contributed by atoms with van der Waals surface area (Å²) in [7, 11) is 0. The molecule has 1 fully saturated rings. The Labute approximate surface area is 117 Å². The Morgan fingerprint density at radius 1 is 1.50 bits per heavy atom. The van der Waals surface area contributed by atoms with E-state index < -0.39 is 0 Å². The number of anilines is 1. The Morgan fingerprint density at radius 3 is 2.70 bits per heavy atom. The van der Waals surface area contributed by atoms with Crippen LogP contribution in [0, 0.1) is 0 Å². The molecule has 1 saturated carbocycles. The molecule has 1 unspecified atom stereocenters. The first-order chi connectivity index (χ1) is 9.56. The standard InChI is InChI=1S/C6H10O.C5H5N5O.C2H6/c1-5-2-3-6(7)4-5;6-5-9-3-2(4(11)10-5)7-1-8-3;1-2/h6-7H,1-4H2;1H,(H4,6,7,8,9,10,11);1-2H3. The number of H-pyrrole nitrogens is 2. The summed E-state index contributed by atoms with van der Waals surface area (Å²) < 4.78 is 0. The van der Waals surface area contributed by atoms with Crippen LogP contribution in [0.15, 0.2) is 23.3 Å². The molecule has 2 aromatic rings. The molecule has 0 spiro atoms. The molecule has 0 saturated heterocycles. The minimum Gasteiger partial charge on any atom is -0.393 e. The number of imidazole rings is 1. The normalized spacial score (nSPS) is 17.1. The first kappa shape index (κ1) is 15.9. The Morgan fingerprint density at radius 2 is 2.20 bits per heavy atom. The van der Waals surface area contributed by atoms with Crippen molar-refractivity contribution < 1.29 is 5.11 Å². The van der Waals surface area contributed by atoms with Gasteiger partial charge in [0.05, 0.1) is 12.4 Å². The van der Waals surface area contributed by atoms with Crippen LogP contribution in [0.2, 0.25) is 0 Å². The molecule has 20 heavy (non-hydrogen) atoms. The lowest BCUT2D eigenvalue weighted by atomic mass is 10.3. The van der Waals surface area contributed by atoms with E-state index in [9.17, 15) is 4.79 Å². The predicted molar refractivity (Wildman–Crippen MR) is 79.3 cm³/mol. The number of nitrogens with one attached hydrogen (secondary N) is 2. The molecule has 7 heteroatoms. The van der Waals surface area contributed by atoms with E-state index in [0.29, 0.717) is 11.2 Å². The van der Waals surface area contributed by atoms with Gasteiger partial charge in [0.15, 0.2) is 11.2 Å². The molecule has 0 aliphatic heterocycles. The van der Waals surface area contributed by atoms with E-state index in [-0.39, 0.29) is 17.6 Å². The van der Waals surface area contributed by atoms with Crippen LogP contribution >= 0.6 is 0 Å². The van der Waals surface area contributed by atoms with E-state index in [1.165, 1.54) is 11.9 Å². The first-order valence-electron chi connectivity index (χ1n) is 6.60. The van der Waals surface area contributed by atoms with Crippen molar-refractivity contribution in [2.75, 3.05) is 5.73 Å². The molecule has 0 bridgehead atoms. The molecule has 0 amide bonds. The largest absolute Gasteiger partial charge is 0.393 e. The lowest BCUT2D eigenvalue weighted by Crippen LogP contribution is -2.10. The molecule has 110 valence electrons. The van der Waals surface area contributed by atoms with Gasteiger partial charge in [0.25, 0.3) is 5.56 Å². The fourth-order valence-electron chi connectivity index (χ4n) is 1.77. The number of rotatable bonds is 0. The lowest BCUT2D eigenvalue weighted by Gasteiger charge is -1.91. The van der Waals surface area contributed by atoms with Gasteiger partial charge in [0.1, 0.15) is 0 Å². The zero-order chi connectivity index (χ0) is 15.1. The fourth-order valence-corrected chi connectivity index (χ4v) is 1.77. The van der Waals surface area contributed by atoms with Crippen LogP contribution in [0.1, 0.15) is 33.1 Å². The highest BCUT2D eigenvalue weighted by atomic mass is 16.3. The molecule has 5 N–H and O–H groups in total. The zero-order valence-corrected chi connectivity index (χ0v) is 11.8. The molecular formula is C13H21N5O2. The second-order valence-electron chi connectivity index (χ2n) is 4.20. The first-order valence-corrected chi connectivity index (χ1v) is 6.60. The van der Waals surface area contributed by atoms with Crippen molar-refractivity contribution in [3.05, 3.63) is 28.8 Å². The topological polar surface area (TPSA) is 121 Å². The number of nitrogen functional groups attached to an aromatic ring is 1. The minimum absolute atomic E-state index is 0.0764. The Bertz CT molecular complexity index is 616. The van der Waals surface area contributed by atoms with E-state index in [2.05, 4.69) is 26.5 Å². The van der Waals surface area contributed by atoms with Crippen LogP contribution in [-0.4, -0.2) is 31.1 Å². The summed E-state index contributed by atoms with van der Waals surface area (Å²) in [4.78, 5) is 23.5. The summed E-state index contributed by atoms with van der Waals surface area (Å²) >= 11 is 0. The number of nitrogens with two attached hydrogens (primary N) is 1. The molecule has 2 heterocycles. The summed E-state index contributed by atoms with van der Waals surface area (Å²) in [5.74, 6) is 0.0783. The molecule has 7 nitrogen and oxygen atoms in total. The third-order valence-electron chi connectivity index (χ3n) is 2.67. The monoisotopic (exact) mass is 279 g/mol. The van der Waals surface area contributed by atoms with E-state index in [1.54, 1.807) is 0 Å². The summed E-state index contributed by atoms with van der Waals surface area (Å²) in [6.45, 7) is 7.74. The Balaban J connectivity index is 0.000000193. The molecule has 0 radical (unpaired) electrons. The van der Waals surface area contributed by atoms with Crippen LogP contribution < -0.4 is 11.3 Å². The van der Waals surface area contributed by atoms with Crippen molar-refractivity contribution in [2.45, 2.75) is 39.2 Å². The highest BCUT2D eigenvalue weighted by Gasteiger charge is 2.13. The van der Waals surface area contributed by atoms with Crippen molar-refractivity contribution in [3.63, 3.8) is 0 Å². The average molecular weight is 279 g/mol. The van der Waals surface area contributed by atoms with Crippen LogP contribution in [0.5, 0.6) is 0 Å². The molecule has 0 aromatic carbocycles. The van der Waals surface area contributed by atoms with Crippen molar-refractivity contribution >= 4 is 17.1 Å². The quantitative estimate of drug-likeness (QED) is 0.542. The van der Waals surface area contributed by atoms with Gasteiger partial charge in [-0.25, -0.2) is 4.98 Å². The van der Waals surface area contributed by atoms with Gasteiger partial charge in [0, 0.05) is 0 Å². The third-order valence-corrected chi connectivity index (χ3v) is 2.67. The van der Waals surface area contributed by atoms with Gasteiger partial charge < -0.3 is 15.8 Å². The number of nitrogens with zero attached hydrogens (tertiary/aromatic N) is 2. The maximum Gasteiger partial charge on any atom is 0.278 e. The maximum atomic E-state index is 11.0. The lowest BCUT2D eigenvalue weighted by molar-refractivity contribution is 0.186. The van der Waals surface area contributed by atoms with Gasteiger partial charge in [-0.15, -0.1) is 0 Å². The molecule has 3 rings (SSSR count). The maximum absolute atomic E-state index is 11.0. The van der Waals surface area contributed by atoms with Crippen LogP contribution in [0.3, 0.4) is 0 Å². The smallest absolute Gasteiger partial charge is 0.278 e. The number of aliphatic hydroxyl groups is 1. The average Bonchev–Trinajstić information content (AvgIpc) is 3.01. The summed E-state index contributed by atoms with van der Waals surface area (Å²) in [6.07, 6.45) is 4.11. The van der Waals surface area contributed by atoms with E-state index >= 15 is 0 Å². The SMILES string of the molecule is C=C1CCC(O)C1.CC.Nc1nc2nc[nH]c2c(=O)[nH]1. The Kier molecular flexibility index (Phi) is 5.92. The third kappa shape index (κ3) is 4.20. The summed E-state index contributed by atoms with van der Waals surface area (Å²) in [6, 6.07) is 0. The zero-order valence-electron chi connectivity index (χ0n) is 11.8. The second-order valence-corrected chi connectivity index (χ2v) is 4.20. The number of fused-ring (bicyclic) bond motifs is 1. The summed E-state index contributed by atoms with van der Waals surface area (Å²) in [5, 5.41) is 8.84. The Hall–Kier alpha value is -2.15. The number of aliphatic hydroxyl groups excluding tert-OH is 1. The molecule has 2 aromatic heterocycles. The van der Waals surface area contributed by atoms with Gasteiger partial charge >= 0.3 is 0 Å². The predicted octanol–water partition coefficient (Wildman–Crippen LogP) is 1.34. The van der Waals surface area contributed by atoms with Crippen molar-refractivity contribution in [2.24, 2.45) is 0 Å². The molecule has 1 aliphatic rings. The number of hydrogen-bond acceptors (Lipinski definition) is 5. The summed E-state index contributed by atoms with van der Waals surface area (Å²) in [5.41, 5.74) is 6.85. The van der Waals surface area contributed by atoms with Crippen LogP contribution in [0.25, 0.3) is 11.2 Å². The number of aromatic nitrogens is 4. The van der Waals surface area contributed by atoms with Gasteiger partial charge in [0.2, 0.25) is 5.95 Å². The van der Waals surface area contributed by atoms with Crippen LogP contribution in [-0.2, 0) is 0 Å². The minimum atomic E-state index is -0.301. The van der Waals surface area contributed by atoms with Gasteiger partial charge in [-0.3, -0.25) is 9.78 Å². The molecule has 1 atom stereocenters. The highest BCUT2D eigenvalue weighted by Crippen LogP contribution is 2.21. The van der Waals surface area contributed by atoms with E-state index in [1.807, 2.05) is 13.8 Å². The van der Waals surface area contributed by atoms with Gasteiger partial charge in [-0.1, -0.05) is 26.0 Å². The number of aromatic amines is 2. The van der Waals surface area contributed by atoms with Crippen molar-refractivity contribution in [1.29, 1.82) is 0 Å².